The number of halogens is 1. The van der Waals surface area contributed by atoms with Gasteiger partial charge in [-0.1, -0.05) is 42.0 Å². The number of phenols is 1. The van der Waals surface area contributed by atoms with Crippen molar-refractivity contribution in [2.75, 3.05) is 12.4 Å². The molecule has 9 heteroatoms. The van der Waals surface area contributed by atoms with Gasteiger partial charge in [0.1, 0.15) is 16.5 Å². The summed E-state index contributed by atoms with van der Waals surface area (Å²) in [6.45, 7) is 1.38. The third-order valence-electron chi connectivity index (χ3n) is 3.41. The molecule has 2 aromatic rings. The highest BCUT2D eigenvalue weighted by Crippen LogP contribution is 2.44. The molecule has 0 bridgehead atoms. The Bertz CT molecular complexity index is 902. The molecular formula is C17H16ClN3O4S. The third kappa shape index (κ3) is 4.04. The summed E-state index contributed by atoms with van der Waals surface area (Å²) in [5, 5.41) is 15.4. The summed E-state index contributed by atoms with van der Waals surface area (Å²) < 4.78 is 5.28. The molecule has 0 fully saturated rings. The number of rotatable bonds is 4. The minimum absolute atomic E-state index is 0.0211. The van der Waals surface area contributed by atoms with Gasteiger partial charge in [0.05, 0.1) is 17.7 Å². The number of amides is 3. The lowest BCUT2D eigenvalue weighted by Gasteiger charge is -2.17. The second-order valence-corrected chi connectivity index (χ2v) is 6.00. The first-order valence-electron chi connectivity index (χ1n) is 7.33. The maximum Gasteiger partial charge on any atom is 0.317 e. The van der Waals surface area contributed by atoms with Crippen LogP contribution in [-0.4, -0.2) is 29.1 Å². The van der Waals surface area contributed by atoms with Crippen LogP contribution in [0.3, 0.4) is 0 Å². The normalized spacial score (nSPS) is 10.1. The average Bonchev–Trinajstić information content (AvgIpc) is 2.56. The second kappa shape index (κ2) is 8.03. The first-order chi connectivity index (χ1) is 12.3. The summed E-state index contributed by atoms with van der Waals surface area (Å²) in [6, 6.07) is 7.60. The Morgan fingerprint density at radius 1 is 1.27 bits per heavy atom. The molecule has 0 saturated heterocycles. The molecule has 0 saturated carbocycles. The summed E-state index contributed by atoms with van der Waals surface area (Å²) in [5.41, 5.74) is 6.59. The summed E-state index contributed by atoms with van der Waals surface area (Å²) in [4.78, 5) is 22.3. The molecule has 3 amide bonds. The fourth-order valence-corrected chi connectivity index (χ4v) is 2.94. The molecule has 0 radical (unpaired) electrons. The number of urea groups is 1. The van der Waals surface area contributed by atoms with E-state index in [9.17, 15) is 14.7 Å². The van der Waals surface area contributed by atoms with E-state index in [1.165, 1.54) is 14.0 Å². The number of carbonyl (C=O) groups is 2. The van der Waals surface area contributed by atoms with E-state index in [0.29, 0.717) is 16.8 Å². The minimum Gasteiger partial charge on any atom is -0.505 e. The van der Waals surface area contributed by atoms with Crippen LogP contribution in [0.25, 0.3) is 11.1 Å². The van der Waals surface area contributed by atoms with Gasteiger partial charge in [0.15, 0.2) is 0 Å². The number of hydrogen-bond acceptors (Lipinski definition) is 5. The van der Waals surface area contributed by atoms with Crippen LogP contribution in [0.15, 0.2) is 30.3 Å². The van der Waals surface area contributed by atoms with Gasteiger partial charge in [-0.15, -0.1) is 0 Å². The van der Waals surface area contributed by atoms with Crippen molar-refractivity contribution in [3.63, 3.8) is 0 Å². The number of phenolic OH excluding ortho intramolecular Hbond substituents is 1. The SMILES string of the molecule is COc1cc(-c2ccccc2NC(C)=O)c(Cl)c(O)c1C(=S)NC(N)=O. The van der Waals surface area contributed by atoms with Crippen LogP contribution >= 0.6 is 23.8 Å². The highest BCUT2D eigenvalue weighted by atomic mass is 35.5. The smallest absolute Gasteiger partial charge is 0.317 e. The van der Waals surface area contributed by atoms with Crippen molar-refractivity contribution in [2.45, 2.75) is 6.92 Å². The van der Waals surface area contributed by atoms with E-state index in [4.69, 9.17) is 34.3 Å². The molecule has 0 heterocycles. The first kappa shape index (κ1) is 19.5. The Balaban J connectivity index is 2.67. The molecule has 0 aliphatic carbocycles. The maximum absolute atomic E-state index is 11.4. The van der Waals surface area contributed by atoms with Gasteiger partial charge in [0.25, 0.3) is 0 Å². The highest BCUT2D eigenvalue weighted by Gasteiger charge is 2.23. The Hall–Kier alpha value is -2.84. The first-order valence-corrected chi connectivity index (χ1v) is 8.12. The number of aromatic hydroxyl groups is 1. The van der Waals surface area contributed by atoms with Crippen LogP contribution in [0.1, 0.15) is 12.5 Å². The van der Waals surface area contributed by atoms with Crippen LogP contribution < -0.4 is 21.1 Å². The molecule has 136 valence electrons. The van der Waals surface area contributed by atoms with Gasteiger partial charge >= 0.3 is 6.03 Å². The van der Waals surface area contributed by atoms with Gasteiger partial charge in [-0.3, -0.25) is 10.1 Å². The lowest BCUT2D eigenvalue weighted by Crippen LogP contribution is -2.34. The van der Waals surface area contributed by atoms with Crippen LogP contribution in [0.5, 0.6) is 11.5 Å². The number of primary amides is 1. The van der Waals surface area contributed by atoms with Crippen molar-refractivity contribution in [1.29, 1.82) is 0 Å². The van der Waals surface area contributed by atoms with Crippen molar-refractivity contribution < 1.29 is 19.4 Å². The zero-order chi connectivity index (χ0) is 19.4. The Kier molecular flexibility index (Phi) is 6.01. The van der Waals surface area contributed by atoms with Crippen molar-refractivity contribution >= 4 is 46.4 Å². The number of para-hydroxylation sites is 1. The maximum atomic E-state index is 11.4. The van der Waals surface area contributed by atoms with Crippen molar-refractivity contribution in [1.82, 2.24) is 5.32 Å². The van der Waals surface area contributed by atoms with Crippen LogP contribution in [-0.2, 0) is 4.79 Å². The van der Waals surface area contributed by atoms with Crippen LogP contribution in [0.4, 0.5) is 10.5 Å². The minimum atomic E-state index is -0.882. The molecule has 2 rings (SSSR count). The van der Waals surface area contributed by atoms with E-state index in [2.05, 4.69) is 10.6 Å². The summed E-state index contributed by atoms with van der Waals surface area (Å²) in [5.74, 6) is -0.455. The molecule has 2 aromatic carbocycles. The number of nitrogens with two attached hydrogens (primary N) is 1. The number of methoxy groups -OCH3 is 1. The third-order valence-corrected chi connectivity index (χ3v) is 4.10. The van der Waals surface area contributed by atoms with E-state index in [-0.39, 0.29) is 33.0 Å². The van der Waals surface area contributed by atoms with Crippen molar-refractivity contribution in [2.24, 2.45) is 5.73 Å². The summed E-state index contributed by atoms with van der Waals surface area (Å²) in [7, 11) is 1.38. The van der Waals surface area contributed by atoms with Gasteiger partial charge in [0.2, 0.25) is 5.91 Å². The highest BCUT2D eigenvalue weighted by molar-refractivity contribution is 7.80. The molecule has 0 spiro atoms. The van der Waals surface area contributed by atoms with E-state index >= 15 is 0 Å². The molecule has 0 aromatic heterocycles. The average molecular weight is 394 g/mol. The Labute approximate surface area is 160 Å². The molecule has 0 unspecified atom stereocenters. The predicted molar refractivity (Wildman–Crippen MR) is 104 cm³/mol. The van der Waals surface area contributed by atoms with Crippen molar-refractivity contribution in [3.05, 3.63) is 40.9 Å². The monoisotopic (exact) mass is 393 g/mol. The van der Waals surface area contributed by atoms with Crippen molar-refractivity contribution in [3.8, 4) is 22.6 Å². The number of ether oxygens (including phenoxy) is 1. The number of thiocarbonyl (C=S) groups is 1. The fraction of sp³-hybridized carbons (Fsp3) is 0.118. The van der Waals surface area contributed by atoms with E-state index in [1.54, 1.807) is 30.3 Å². The number of benzene rings is 2. The Morgan fingerprint density at radius 3 is 2.50 bits per heavy atom. The lowest BCUT2D eigenvalue weighted by atomic mass is 9.99. The van der Waals surface area contributed by atoms with Gasteiger partial charge < -0.3 is 20.9 Å². The van der Waals surface area contributed by atoms with Crippen LogP contribution in [0.2, 0.25) is 5.02 Å². The molecule has 0 aliphatic heterocycles. The quantitative estimate of drug-likeness (QED) is 0.596. The molecule has 26 heavy (non-hydrogen) atoms. The number of hydrogen-bond donors (Lipinski definition) is 4. The summed E-state index contributed by atoms with van der Waals surface area (Å²) >= 11 is 11.4. The standard InChI is InChI=1S/C17H16ClN3O4S/c1-8(22)20-11-6-4-3-5-9(11)10-7-12(25-2)13(15(23)14(10)18)16(26)21-17(19)24/h3-7,23H,1-2H3,(H,20,22)(H3,19,21,24,26). The van der Waals surface area contributed by atoms with E-state index in [0.717, 1.165) is 0 Å². The second-order valence-electron chi connectivity index (χ2n) is 5.21. The zero-order valence-electron chi connectivity index (χ0n) is 13.9. The predicted octanol–water partition coefficient (Wildman–Crippen LogP) is 3.02. The Morgan fingerprint density at radius 2 is 1.92 bits per heavy atom. The number of anilines is 1. The van der Waals surface area contributed by atoms with Gasteiger partial charge in [-0.2, -0.15) is 0 Å². The summed E-state index contributed by atoms with van der Waals surface area (Å²) in [6.07, 6.45) is 0. The number of carbonyl (C=O) groups excluding carboxylic acids is 2. The molecule has 7 nitrogen and oxygen atoms in total. The zero-order valence-corrected chi connectivity index (χ0v) is 15.5. The molecule has 5 N–H and O–H groups in total. The van der Waals surface area contributed by atoms with Gasteiger partial charge in [-0.25, -0.2) is 4.79 Å². The van der Waals surface area contributed by atoms with E-state index < -0.39 is 6.03 Å². The lowest BCUT2D eigenvalue weighted by molar-refractivity contribution is -0.114. The molecular weight excluding hydrogens is 378 g/mol. The topological polar surface area (TPSA) is 114 Å². The largest absolute Gasteiger partial charge is 0.505 e. The fourth-order valence-electron chi connectivity index (χ4n) is 2.39. The van der Waals surface area contributed by atoms with Gasteiger partial charge in [0, 0.05) is 23.7 Å². The molecule has 0 aliphatic rings. The van der Waals surface area contributed by atoms with E-state index in [1.807, 2.05) is 0 Å². The van der Waals surface area contributed by atoms with Crippen LogP contribution in [0, 0.1) is 0 Å². The van der Waals surface area contributed by atoms with Gasteiger partial charge in [-0.05, 0) is 12.1 Å². The number of nitrogens with one attached hydrogen (secondary N) is 2. The molecule has 0 atom stereocenters.